The SMILES string of the molecule is CN1CCN(c2ccc(NC(=O)CSCc3ccc(Cl)cc3F)cc2)CC1. The van der Waals surface area contributed by atoms with Crippen molar-refractivity contribution in [3.8, 4) is 0 Å². The third-order valence-corrected chi connectivity index (χ3v) is 5.74. The van der Waals surface area contributed by atoms with E-state index in [4.69, 9.17) is 11.6 Å². The van der Waals surface area contributed by atoms with Gasteiger partial charge in [-0.3, -0.25) is 4.79 Å². The molecule has 0 saturated carbocycles. The number of hydrogen-bond donors (Lipinski definition) is 1. The van der Waals surface area contributed by atoms with Gasteiger partial charge in [0, 0.05) is 48.3 Å². The molecule has 0 atom stereocenters. The number of carbonyl (C=O) groups is 1. The average Bonchev–Trinajstić information content (AvgIpc) is 2.65. The zero-order valence-corrected chi connectivity index (χ0v) is 16.8. The number of piperazine rings is 1. The van der Waals surface area contributed by atoms with Crippen LogP contribution in [0.3, 0.4) is 0 Å². The van der Waals surface area contributed by atoms with Gasteiger partial charge in [0.05, 0.1) is 5.75 Å². The van der Waals surface area contributed by atoms with E-state index in [1.165, 1.54) is 23.5 Å². The van der Waals surface area contributed by atoms with E-state index in [2.05, 4.69) is 22.2 Å². The van der Waals surface area contributed by atoms with Gasteiger partial charge in [0.15, 0.2) is 0 Å². The summed E-state index contributed by atoms with van der Waals surface area (Å²) < 4.78 is 13.7. The first kappa shape index (κ1) is 20.0. The summed E-state index contributed by atoms with van der Waals surface area (Å²) in [5, 5.41) is 3.26. The minimum Gasteiger partial charge on any atom is -0.369 e. The Hall–Kier alpha value is -1.76. The van der Waals surface area contributed by atoms with Gasteiger partial charge in [-0.05, 0) is 49.0 Å². The van der Waals surface area contributed by atoms with E-state index >= 15 is 0 Å². The van der Waals surface area contributed by atoms with Crippen molar-refractivity contribution in [1.82, 2.24) is 4.90 Å². The van der Waals surface area contributed by atoms with E-state index in [-0.39, 0.29) is 17.5 Å². The molecule has 1 amide bonds. The molecule has 0 radical (unpaired) electrons. The third kappa shape index (κ3) is 5.86. The predicted molar refractivity (Wildman–Crippen MR) is 112 cm³/mol. The number of thioether (sulfide) groups is 1. The highest BCUT2D eigenvalue weighted by Gasteiger charge is 2.14. The summed E-state index contributed by atoms with van der Waals surface area (Å²) in [6, 6.07) is 12.5. The van der Waals surface area contributed by atoms with Gasteiger partial charge in [0.1, 0.15) is 5.82 Å². The van der Waals surface area contributed by atoms with Gasteiger partial charge in [0.25, 0.3) is 0 Å². The minimum atomic E-state index is -0.338. The number of hydrogen-bond acceptors (Lipinski definition) is 4. The van der Waals surface area contributed by atoms with E-state index in [1.54, 1.807) is 12.1 Å². The van der Waals surface area contributed by atoms with Crippen molar-refractivity contribution in [1.29, 1.82) is 0 Å². The third-order valence-electron chi connectivity index (χ3n) is 4.53. The van der Waals surface area contributed by atoms with Crippen molar-refractivity contribution in [2.45, 2.75) is 5.75 Å². The average molecular weight is 408 g/mol. The summed E-state index contributed by atoms with van der Waals surface area (Å²) in [5.74, 6) is 0.262. The van der Waals surface area contributed by atoms with Crippen LogP contribution in [0, 0.1) is 5.82 Å². The summed E-state index contributed by atoms with van der Waals surface area (Å²) in [4.78, 5) is 16.8. The van der Waals surface area contributed by atoms with Gasteiger partial charge < -0.3 is 15.1 Å². The molecule has 1 aliphatic rings. The van der Waals surface area contributed by atoms with Crippen LogP contribution >= 0.6 is 23.4 Å². The number of halogens is 2. The van der Waals surface area contributed by atoms with E-state index in [1.807, 2.05) is 24.3 Å². The van der Waals surface area contributed by atoms with Crippen molar-refractivity contribution in [3.63, 3.8) is 0 Å². The van der Waals surface area contributed by atoms with Crippen LogP contribution < -0.4 is 10.2 Å². The van der Waals surface area contributed by atoms with Gasteiger partial charge in [-0.15, -0.1) is 11.8 Å². The van der Waals surface area contributed by atoms with Crippen molar-refractivity contribution >= 4 is 40.6 Å². The Balaban J connectivity index is 1.45. The molecule has 0 bridgehead atoms. The first-order chi connectivity index (χ1) is 13.0. The number of benzene rings is 2. The molecule has 3 rings (SSSR count). The number of anilines is 2. The van der Waals surface area contributed by atoms with Crippen LogP contribution in [0.15, 0.2) is 42.5 Å². The molecule has 7 heteroatoms. The van der Waals surface area contributed by atoms with Crippen LogP contribution in [0.5, 0.6) is 0 Å². The standard InChI is InChI=1S/C20H23ClFN3OS/c1-24-8-10-25(11-9-24)18-6-4-17(5-7-18)23-20(26)14-27-13-15-2-3-16(21)12-19(15)22/h2-7,12H,8-11,13-14H2,1H3,(H,23,26). The topological polar surface area (TPSA) is 35.6 Å². The van der Waals surface area contributed by atoms with Gasteiger partial charge in [-0.25, -0.2) is 4.39 Å². The molecule has 1 aliphatic heterocycles. The maximum Gasteiger partial charge on any atom is 0.234 e. The Morgan fingerprint density at radius 2 is 1.85 bits per heavy atom. The summed E-state index contributed by atoms with van der Waals surface area (Å²) in [5.41, 5.74) is 2.50. The van der Waals surface area contributed by atoms with Crippen LogP contribution in [0.2, 0.25) is 5.02 Å². The largest absolute Gasteiger partial charge is 0.369 e. The van der Waals surface area contributed by atoms with Crippen molar-refractivity contribution in [2.24, 2.45) is 0 Å². The Labute approximate surface area is 168 Å². The van der Waals surface area contributed by atoms with E-state index in [0.29, 0.717) is 16.3 Å². The smallest absolute Gasteiger partial charge is 0.234 e. The Kier molecular flexibility index (Phi) is 6.99. The summed E-state index contributed by atoms with van der Waals surface area (Å²) in [6.07, 6.45) is 0. The molecule has 2 aromatic carbocycles. The molecule has 0 spiro atoms. The molecule has 1 fully saturated rings. The number of nitrogens with one attached hydrogen (secondary N) is 1. The van der Waals surface area contributed by atoms with Crippen molar-refractivity contribution in [2.75, 3.05) is 49.2 Å². The zero-order chi connectivity index (χ0) is 19.2. The second-order valence-corrected chi connectivity index (χ2v) is 8.04. The van der Waals surface area contributed by atoms with Crippen molar-refractivity contribution < 1.29 is 9.18 Å². The maximum atomic E-state index is 13.7. The molecule has 1 N–H and O–H groups in total. The molecule has 2 aromatic rings. The second kappa shape index (κ2) is 9.44. The highest BCUT2D eigenvalue weighted by Crippen LogP contribution is 2.21. The van der Waals surface area contributed by atoms with Gasteiger partial charge in [-0.1, -0.05) is 17.7 Å². The quantitative estimate of drug-likeness (QED) is 0.781. The molecule has 4 nitrogen and oxygen atoms in total. The maximum absolute atomic E-state index is 13.7. The predicted octanol–water partition coefficient (Wildman–Crippen LogP) is 4.10. The lowest BCUT2D eigenvalue weighted by Crippen LogP contribution is -2.44. The fourth-order valence-corrected chi connectivity index (χ4v) is 3.88. The fourth-order valence-electron chi connectivity index (χ4n) is 2.91. The van der Waals surface area contributed by atoms with Crippen molar-refractivity contribution in [3.05, 3.63) is 58.9 Å². The summed E-state index contributed by atoms with van der Waals surface area (Å²) >= 11 is 7.11. The van der Waals surface area contributed by atoms with Crippen LogP contribution in [-0.2, 0) is 10.5 Å². The minimum absolute atomic E-state index is 0.0956. The molecule has 1 heterocycles. The first-order valence-electron chi connectivity index (χ1n) is 8.86. The normalized spacial score (nSPS) is 15.0. The molecular formula is C20H23ClFN3OS. The fraction of sp³-hybridized carbons (Fsp3) is 0.350. The molecule has 0 unspecified atom stereocenters. The molecule has 0 aromatic heterocycles. The lowest BCUT2D eigenvalue weighted by atomic mass is 10.2. The molecule has 0 aliphatic carbocycles. The van der Waals surface area contributed by atoms with Crippen LogP contribution in [-0.4, -0.2) is 49.8 Å². The Morgan fingerprint density at radius 3 is 2.52 bits per heavy atom. The number of nitrogens with zero attached hydrogens (tertiary/aromatic N) is 2. The van der Waals surface area contributed by atoms with Gasteiger partial charge in [0.2, 0.25) is 5.91 Å². The van der Waals surface area contributed by atoms with Crippen LogP contribution in [0.1, 0.15) is 5.56 Å². The Morgan fingerprint density at radius 1 is 1.15 bits per heavy atom. The molecule has 1 saturated heterocycles. The van der Waals surface area contributed by atoms with E-state index < -0.39 is 0 Å². The second-order valence-electron chi connectivity index (χ2n) is 6.61. The number of likely N-dealkylation sites (N-methyl/N-ethyl adjacent to an activating group) is 1. The van der Waals surface area contributed by atoms with Crippen LogP contribution in [0.4, 0.5) is 15.8 Å². The molecule has 27 heavy (non-hydrogen) atoms. The van der Waals surface area contributed by atoms with Crippen LogP contribution in [0.25, 0.3) is 0 Å². The lowest BCUT2D eigenvalue weighted by molar-refractivity contribution is -0.113. The number of amides is 1. The molecule has 144 valence electrons. The first-order valence-corrected chi connectivity index (χ1v) is 10.4. The highest BCUT2D eigenvalue weighted by molar-refractivity contribution is 7.99. The number of rotatable bonds is 6. The van der Waals surface area contributed by atoms with E-state index in [9.17, 15) is 9.18 Å². The monoisotopic (exact) mass is 407 g/mol. The zero-order valence-electron chi connectivity index (χ0n) is 15.3. The summed E-state index contributed by atoms with van der Waals surface area (Å²) in [6.45, 7) is 4.15. The Bertz CT molecular complexity index is 779. The van der Waals surface area contributed by atoms with E-state index in [0.717, 1.165) is 31.9 Å². The van der Waals surface area contributed by atoms with Gasteiger partial charge in [-0.2, -0.15) is 0 Å². The van der Waals surface area contributed by atoms with Gasteiger partial charge >= 0.3 is 0 Å². The summed E-state index contributed by atoms with van der Waals surface area (Å²) in [7, 11) is 2.13. The molecular weight excluding hydrogens is 385 g/mol. The number of carbonyl (C=O) groups excluding carboxylic acids is 1. The highest BCUT2D eigenvalue weighted by atomic mass is 35.5. The lowest BCUT2D eigenvalue weighted by Gasteiger charge is -2.34.